The van der Waals surface area contributed by atoms with Crippen LogP contribution in [0.1, 0.15) is 21.5 Å². The molecule has 1 amide bonds. The number of carbonyl (C=O) groups excluding carboxylic acids is 1. The second-order valence-electron chi connectivity index (χ2n) is 5.42. The van der Waals surface area contributed by atoms with Gasteiger partial charge in [-0.25, -0.2) is 9.37 Å². The van der Waals surface area contributed by atoms with Crippen molar-refractivity contribution in [2.45, 2.75) is 13.8 Å². The molecule has 3 nitrogen and oxygen atoms in total. The van der Waals surface area contributed by atoms with Crippen molar-refractivity contribution in [1.29, 1.82) is 0 Å². The Hall–Kier alpha value is -2.46. The van der Waals surface area contributed by atoms with E-state index in [1.807, 2.05) is 32.0 Å². The Kier molecular flexibility index (Phi) is 4.01. The number of hydrogen-bond donors (Lipinski definition) is 1. The molecule has 0 radical (unpaired) electrons. The fourth-order valence-electron chi connectivity index (χ4n) is 2.29. The number of aryl methyl sites for hydroxylation is 2. The topological polar surface area (TPSA) is 42.0 Å². The number of rotatable bonds is 2. The molecule has 0 aliphatic heterocycles. The zero-order chi connectivity index (χ0) is 16.6. The van der Waals surface area contributed by atoms with Gasteiger partial charge < -0.3 is 5.32 Å². The number of halogens is 2. The van der Waals surface area contributed by atoms with Gasteiger partial charge >= 0.3 is 0 Å². The largest absolute Gasteiger partial charge is 0.322 e. The first-order valence-corrected chi connectivity index (χ1v) is 7.46. The molecule has 23 heavy (non-hydrogen) atoms. The summed E-state index contributed by atoms with van der Waals surface area (Å²) < 4.78 is 13.2. The number of nitrogens with zero attached hydrogens (tertiary/aromatic N) is 1. The van der Waals surface area contributed by atoms with Gasteiger partial charge in [-0.2, -0.15) is 0 Å². The minimum atomic E-state index is -0.395. The highest BCUT2D eigenvalue weighted by atomic mass is 35.5. The van der Waals surface area contributed by atoms with Gasteiger partial charge in [0.2, 0.25) is 0 Å². The summed E-state index contributed by atoms with van der Waals surface area (Å²) in [5, 5.41) is 3.51. The smallest absolute Gasteiger partial charge is 0.258 e. The SMILES string of the molecule is Cc1ccc(NC(=O)c2cc3ccc(F)cc3nc2Cl)cc1C. The molecule has 0 saturated carbocycles. The van der Waals surface area contributed by atoms with Crippen LogP contribution in [0.5, 0.6) is 0 Å². The quantitative estimate of drug-likeness (QED) is 0.680. The van der Waals surface area contributed by atoms with Crippen LogP contribution in [-0.4, -0.2) is 10.9 Å². The molecule has 1 N–H and O–H groups in total. The average Bonchev–Trinajstić information content (AvgIpc) is 2.50. The van der Waals surface area contributed by atoms with E-state index < -0.39 is 5.82 Å². The van der Waals surface area contributed by atoms with Gasteiger partial charge in [0, 0.05) is 17.1 Å². The van der Waals surface area contributed by atoms with E-state index in [9.17, 15) is 9.18 Å². The average molecular weight is 329 g/mol. The second-order valence-corrected chi connectivity index (χ2v) is 5.77. The molecule has 5 heteroatoms. The van der Waals surface area contributed by atoms with Crippen molar-refractivity contribution in [2.24, 2.45) is 0 Å². The van der Waals surface area contributed by atoms with E-state index in [2.05, 4.69) is 10.3 Å². The Morgan fingerprint density at radius 3 is 2.61 bits per heavy atom. The molecular weight excluding hydrogens is 315 g/mol. The van der Waals surface area contributed by atoms with Crippen molar-refractivity contribution in [3.8, 4) is 0 Å². The lowest BCUT2D eigenvalue weighted by atomic mass is 10.1. The maximum atomic E-state index is 13.2. The first-order valence-electron chi connectivity index (χ1n) is 7.08. The third kappa shape index (κ3) is 3.17. The zero-order valence-electron chi connectivity index (χ0n) is 12.7. The summed E-state index contributed by atoms with van der Waals surface area (Å²) in [6, 6.07) is 11.5. The van der Waals surface area contributed by atoms with E-state index in [4.69, 9.17) is 11.6 Å². The minimum absolute atomic E-state index is 0.0458. The lowest BCUT2D eigenvalue weighted by molar-refractivity contribution is 0.102. The third-order valence-electron chi connectivity index (χ3n) is 3.74. The highest BCUT2D eigenvalue weighted by Gasteiger charge is 2.14. The van der Waals surface area contributed by atoms with Gasteiger partial charge in [0.05, 0.1) is 11.1 Å². The van der Waals surface area contributed by atoms with Crippen LogP contribution >= 0.6 is 11.6 Å². The Morgan fingerprint density at radius 2 is 1.87 bits per heavy atom. The number of anilines is 1. The summed E-state index contributed by atoms with van der Waals surface area (Å²) in [6.45, 7) is 3.98. The van der Waals surface area contributed by atoms with Gasteiger partial charge in [-0.05, 0) is 55.3 Å². The predicted octanol–water partition coefficient (Wildman–Crippen LogP) is 4.90. The van der Waals surface area contributed by atoms with Crippen molar-refractivity contribution in [1.82, 2.24) is 4.98 Å². The molecule has 0 atom stereocenters. The molecule has 0 aliphatic rings. The summed E-state index contributed by atoms with van der Waals surface area (Å²) in [4.78, 5) is 16.5. The number of benzene rings is 2. The van der Waals surface area contributed by atoms with Gasteiger partial charge in [0.15, 0.2) is 0 Å². The fraction of sp³-hybridized carbons (Fsp3) is 0.111. The van der Waals surface area contributed by atoms with Crippen molar-refractivity contribution < 1.29 is 9.18 Å². The summed E-state index contributed by atoms with van der Waals surface area (Å²) >= 11 is 6.08. The van der Waals surface area contributed by atoms with E-state index >= 15 is 0 Å². The van der Waals surface area contributed by atoms with E-state index in [1.165, 1.54) is 12.1 Å². The first-order chi connectivity index (χ1) is 10.9. The lowest BCUT2D eigenvalue weighted by Gasteiger charge is -2.09. The molecule has 0 unspecified atom stereocenters. The number of carbonyl (C=O) groups is 1. The van der Waals surface area contributed by atoms with Gasteiger partial charge in [0.1, 0.15) is 11.0 Å². The number of pyridine rings is 1. The fourth-order valence-corrected chi connectivity index (χ4v) is 2.52. The Labute approximate surface area is 138 Å². The van der Waals surface area contributed by atoms with Gasteiger partial charge in [-0.3, -0.25) is 4.79 Å². The Bertz CT molecular complexity index is 924. The Balaban J connectivity index is 1.95. The molecule has 3 aromatic rings. The van der Waals surface area contributed by atoms with Crippen molar-refractivity contribution in [3.05, 3.63) is 70.1 Å². The van der Waals surface area contributed by atoms with Crippen LogP contribution < -0.4 is 5.32 Å². The third-order valence-corrected chi connectivity index (χ3v) is 4.03. The van der Waals surface area contributed by atoms with Crippen molar-refractivity contribution in [2.75, 3.05) is 5.32 Å². The van der Waals surface area contributed by atoms with Crippen LogP contribution in [-0.2, 0) is 0 Å². The molecule has 0 fully saturated rings. The molecular formula is C18H14ClFN2O. The maximum absolute atomic E-state index is 13.2. The van der Waals surface area contributed by atoms with Gasteiger partial charge in [0.25, 0.3) is 5.91 Å². The molecule has 1 heterocycles. The normalized spacial score (nSPS) is 10.8. The molecule has 0 bridgehead atoms. The summed E-state index contributed by atoms with van der Waals surface area (Å²) in [6.07, 6.45) is 0. The first kappa shape index (κ1) is 15.4. The van der Waals surface area contributed by atoms with Crippen molar-refractivity contribution in [3.63, 3.8) is 0 Å². The monoisotopic (exact) mass is 328 g/mol. The Morgan fingerprint density at radius 1 is 1.09 bits per heavy atom. The van der Waals surface area contributed by atoms with Crippen molar-refractivity contribution >= 4 is 34.1 Å². The number of fused-ring (bicyclic) bond motifs is 1. The predicted molar refractivity (Wildman–Crippen MR) is 90.6 cm³/mol. The van der Waals surface area contributed by atoms with Crippen LogP contribution in [0.3, 0.4) is 0 Å². The highest BCUT2D eigenvalue weighted by Crippen LogP contribution is 2.23. The number of amides is 1. The number of hydrogen-bond acceptors (Lipinski definition) is 2. The van der Waals surface area contributed by atoms with E-state index in [1.54, 1.807) is 12.1 Å². The molecule has 3 rings (SSSR count). The van der Waals surface area contributed by atoms with E-state index in [-0.39, 0.29) is 16.6 Å². The zero-order valence-corrected chi connectivity index (χ0v) is 13.4. The molecule has 0 saturated heterocycles. The van der Waals surface area contributed by atoms with Gasteiger partial charge in [-0.15, -0.1) is 0 Å². The summed E-state index contributed by atoms with van der Waals surface area (Å²) in [5.74, 6) is -0.745. The van der Waals surface area contributed by atoms with Crippen LogP contribution in [0.2, 0.25) is 5.15 Å². The van der Waals surface area contributed by atoms with Crippen LogP contribution in [0, 0.1) is 19.7 Å². The van der Waals surface area contributed by atoms with E-state index in [0.29, 0.717) is 16.6 Å². The van der Waals surface area contributed by atoms with E-state index in [0.717, 1.165) is 11.1 Å². The molecule has 2 aromatic carbocycles. The number of nitrogens with one attached hydrogen (secondary N) is 1. The van der Waals surface area contributed by atoms with Gasteiger partial charge in [-0.1, -0.05) is 17.7 Å². The summed E-state index contributed by atoms with van der Waals surface area (Å²) in [7, 11) is 0. The second kappa shape index (κ2) is 5.97. The van der Waals surface area contributed by atoms with Crippen LogP contribution in [0.4, 0.5) is 10.1 Å². The minimum Gasteiger partial charge on any atom is -0.322 e. The summed E-state index contributed by atoms with van der Waals surface area (Å²) in [5.41, 5.74) is 3.59. The molecule has 0 spiro atoms. The molecule has 1 aromatic heterocycles. The maximum Gasteiger partial charge on any atom is 0.258 e. The standard InChI is InChI=1S/C18H14ClFN2O/c1-10-3-6-14(7-11(10)2)21-18(23)15-8-12-4-5-13(20)9-16(12)22-17(15)19/h3-9H,1-2H3,(H,21,23). The molecule has 0 aliphatic carbocycles. The number of aromatic nitrogens is 1. The highest BCUT2D eigenvalue weighted by molar-refractivity contribution is 6.33. The van der Waals surface area contributed by atoms with Crippen LogP contribution in [0.15, 0.2) is 42.5 Å². The molecule has 116 valence electrons. The lowest BCUT2D eigenvalue weighted by Crippen LogP contribution is -2.13. The van der Waals surface area contributed by atoms with Crippen LogP contribution in [0.25, 0.3) is 10.9 Å².